The Balaban J connectivity index is 0. The van der Waals surface area contributed by atoms with Gasteiger partial charge in [0.15, 0.2) is 0 Å². The van der Waals surface area contributed by atoms with Crippen molar-refractivity contribution in [1.82, 2.24) is 3.36 Å². The third-order valence-corrected chi connectivity index (χ3v) is 2.00. The minimum atomic E-state index is -4.71. The predicted molar refractivity (Wildman–Crippen MR) is 49.8 cm³/mol. The zero-order valence-corrected chi connectivity index (χ0v) is 12.3. The topological polar surface area (TPSA) is 74.5 Å². The van der Waals surface area contributed by atoms with E-state index in [9.17, 15) is 9.80 Å². The molecule has 0 amide bonds. The van der Waals surface area contributed by atoms with E-state index in [0.29, 0.717) is 0 Å². The maximum absolute atomic E-state index is 9.46. The van der Waals surface area contributed by atoms with E-state index in [1.165, 1.54) is 0 Å². The van der Waals surface area contributed by atoms with E-state index >= 15 is 0 Å². The summed E-state index contributed by atoms with van der Waals surface area (Å²) in [5.41, 5.74) is 0. The number of halogens is 6. The van der Waals surface area contributed by atoms with Crippen molar-refractivity contribution in [3.63, 3.8) is 0 Å². The van der Waals surface area contributed by atoms with Crippen LogP contribution in [0.15, 0.2) is 0 Å². The summed E-state index contributed by atoms with van der Waals surface area (Å²) in [6.45, 7) is 0. The summed E-state index contributed by atoms with van der Waals surface area (Å²) < 4.78 is 2.16. The summed E-state index contributed by atoms with van der Waals surface area (Å²) in [5, 5.41) is 0. The molecule has 0 aromatic heterocycles. The summed E-state index contributed by atoms with van der Waals surface area (Å²) in [6.07, 6.45) is -3.69. The first kappa shape index (κ1) is 16.7. The van der Waals surface area contributed by atoms with Crippen molar-refractivity contribution in [2.45, 2.75) is 0 Å². The van der Waals surface area contributed by atoms with Crippen LogP contribution >= 0.6 is 66.6 Å². The third kappa shape index (κ3) is 39.6. The van der Waals surface area contributed by atoms with Crippen LogP contribution in [-0.2, 0) is 10.5 Å². The van der Waals surface area contributed by atoms with Gasteiger partial charge in [-0.05, 0) is 0 Å². The SMILES string of the molecule is O=[N+]=[Mo]([Cl])([Cl])([Cl])[Cl].[O-][P+](O)(Cl)Cl. The van der Waals surface area contributed by atoms with Crippen LogP contribution in [-0.4, -0.2) is 4.89 Å². The molecule has 0 rings (SSSR count). The van der Waals surface area contributed by atoms with Gasteiger partial charge in [-0.2, -0.15) is 0 Å². The van der Waals surface area contributed by atoms with Gasteiger partial charge in [-0.3, -0.25) is 0 Å². The Hall–Kier alpha value is 2.29. The Morgan fingerprint density at radius 2 is 1.33 bits per heavy atom. The number of hydrogen-bond donors (Lipinski definition) is 1. The van der Waals surface area contributed by atoms with Gasteiger partial charge < -0.3 is 4.89 Å². The molecule has 0 fully saturated rings. The van der Waals surface area contributed by atoms with Crippen molar-refractivity contribution < 1.29 is 20.2 Å². The van der Waals surface area contributed by atoms with E-state index in [2.05, 4.69) is 25.8 Å². The van der Waals surface area contributed by atoms with Crippen LogP contribution in [0.3, 0.4) is 0 Å². The molecule has 0 aliphatic heterocycles. The van der Waals surface area contributed by atoms with E-state index in [0.717, 1.165) is 0 Å². The second-order valence-electron chi connectivity index (χ2n) is 1.14. The molecule has 0 atom stereocenters. The van der Waals surface area contributed by atoms with Crippen LogP contribution in [0.2, 0.25) is 0 Å². The molecular formula is HCl6MoNO3P+. The fraction of sp³-hybridized carbons (Fsp3) is 0. The zero-order valence-electron chi connectivity index (χ0n) is 4.83. The van der Waals surface area contributed by atoms with Crippen molar-refractivity contribution in [2.75, 3.05) is 0 Å². The van der Waals surface area contributed by atoms with Gasteiger partial charge in [0.1, 0.15) is 22.5 Å². The normalized spacial score (nSPS) is 14.8. The minimum absolute atomic E-state index is 2.16. The van der Waals surface area contributed by atoms with Crippen molar-refractivity contribution in [3.8, 4) is 0 Å². The largest absolute Gasteiger partial charge is 0.627 e. The fourth-order valence-corrected chi connectivity index (χ4v) is 0. The molecule has 0 radical (unpaired) electrons. The van der Waals surface area contributed by atoms with Gasteiger partial charge in [0, 0.05) is 0 Å². The van der Waals surface area contributed by atoms with Crippen LogP contribution in [0.5, 0.6) is 0 Å². The first-order valence-corrected chi connectivity index (χ1v) is 16.4. The van der Waals surface area contributed by atoms with E-state index in [1.807, 2.05) is 0 Å². The maximum Gasteiger partial charge on any atom is 0.299 e. The fourth-order valence-electron chi connectivity index (χ4n) is 0. The zero-order chi connectivity index (χ0) is 10.7. The Kier molecular flexibility index (Phi) is 7.51. The molecule has 0 bridgehead atoms. The van der Waals surface area contributed by atoms with Gasteiger partial charge in [0.2, 0.25) is 0 Å². The molecule has 0 saturated heterocycles. The molecule has 0 aromatic carbocycles. The first-order valence-electron chi connectivity index (χ1n) is 1.70. The van der Waals surface area contributed by atoms with Crippen LogP contribution in [0.1, 0.15) is 0 Å². The summed E-state index contributed by atoms with van der Waals surface area (Å²) in [7, 11) is 15.2. The van der Waals surface area contributed by atoms with Gasteiger partial charge in [-0.15, -0.1) is 0 Å². The van der Waals surface area contributed by atoms with Crippen molar-refractivity contribution in [1.29, 1.82) is 0 Å². The van der Waals surface area contributed by atoms with Gasteiger partial charge >= 0.3 is 56.4 Å². The van der Waals surface area contributed by atoms with E-state index in [-0.39, 0.29) is 0 Å². The predicted octanol–water partition coefficient (Wildman–Crippen LogP) is 2.80. The molecule has 12 heteroatoms. The molecule has 0 spiro atoms. The number of nitrogens with zero attached hydrogens (tertiary/aromatic N) is 1. The van der Waals surface area contributed by atoms with Crippen LogP contribution < -0.4 is 8.25 Å². The number of rotatable bonds is 0. The molecule has 0 saturated carbocycles. The summed E-state index contributed by atoms with van der Waals surface area (Å²) in [5.74, 6) is 0. The molecule has 0 heterocycles. The smallest absolute Gasteiger partial charge is 0.299 e. The van der Waals surface area contributed by atoms with Crippen molar-refractivity contribution >= 4 is 66.6 Å². The average molecular weight is 403 g/mol. The number of nitroso groups, excluding NO2 is 1. The van der Waals surface area contributed by atoms with Crippen LogP contribution in [0, 0.1) is 4.91 Å². The third-order valence-electron chi connectivity index (χ3n) is 0.113. The van der Waals surface area contributed by atoms with Gasteiger partial charge in [0.05, 0.1) is 0 Å². The van der Waals surface area contributed by atoms with Gasteiger partial charge in [-0.25, -0.2) is 4.89 Å². The van der Waals surface area contributed by atoms with Crippen molar-refractivity contribution in [2.24, 2.45) is 0 Å². The molecule has 76 valence electrons. The summed E-state index contributed by atoms with van der Waals surface area (Å²) in [6, 6.07) is 0. The standard InChI is InChI=1S/Cl2HO2P.4ClH.Mo.NO/c1-5(2,3)4;;;;;;1-2/h(H,3,4);4*1H;;/q;;;;;+6;-1/p-4. The monoisotopic (exact) mass is 402 g/mol. The Labute approximate surface area is 94.1 Å². The molecule has 0 aliphatic rings. The second kappa shape index (κ2) is 5.39. The summed E-state index contributed by atoms with van der Waals surface area (Å²) in [4.78, 5) is 26.4. The Morgan fingerprint density at radius 1 is 1.25 bits per heavy atom. The molecule has 0 aromatic rings. The molecular weight excluding hydrogens is 402 g/mol. The van der Waals surface area contributed by atoms with Gasteiger partial charge in [0.25, 0.3) is 6.42 Å². The Bertz CT molecular complexity index is 204. The molecule has 12 heavy (non-hydrogen) atoms. The first-order chi connectivity index (χ1) is 4.81. The minimum Gasteiger partial charge on any atom is -0.627 e. The van der Waals surface area contributed by atoms with Gasteiger partial charge in [-0.1, -0.05) is 0 Å². The van der Waals surface area contributed by atoms with E-state index < -0.39 is 16.9 Å². The molecule has 1 N–H and O–H groups in total. The summed E-state index contributed by atoms with van der Waals surface area (Å²) >= 11 is 8.81. The molecule has 0 unspecified atom stereocenters. The second-order valence-corrected chi connectivity index (χ2v) is 28.5. The van der Waals surface area contributed by atoms with Crippen LogP contribution in [0.4, 0.5) is 0 Å². The average Bonchev–Trinajstić information content (AvgIpc) is 1.57. The number of hydrogen-bond acceptors (Lipinski definition) is 3. The quantitative estimate of drug-likeness (QED) is 0.385. The van der Waals surface area contributed by atoms with E-state index in [4.69, 9.17) is 42.6 Å². The van der Waals surface area contributed by atoms with Crippen molar-refractivity contribution in [3.05, 3.63) is 4.91 Å². The van der Waals surface area contributed by atoms with Crippen LogP contribution in [0.25, 0.3) is 0 Å². The molecule has 4 nitrogen and oxygen atoms in total. The van der Waals surface area contributed by atoms with E-state index in [1.54, 1.807) is 0 Å². The molecule has 0 aliphatic carbocycles. The Morgan fingerprint density at radius 3 is 1.33 bits per heavy atom. The maximum atomic E-state index is 9.46.